The van der Waals surface area contributed by atoms with Crippen molar-refractivity contribution < 1.29 is 17.9 Å². The predicted molar refractivity (Wildman–Crippen MR) is 135 cm³/mol. The fraction of sp³-hybridized carbons (Fsp3) is 0.333. The molecule has 0 atom stereocenters. The van der Waals surface area contributed by atoms with Gasteiger partial charge in [0.2, 0.25) is 10.0 Å². The van der Waals surface area contributed by atoms with Crippen LogP contribution in [-0.4, -0.2) is 56.4 Å². The van der Waals surface area contributed by atoms with Gasteiger partial charge in [-0.2, -0.15) is 4.31 Å². The number of carbonyl (C=O) groups excluding carboxylic acids is 1. The second kappa shape index (κ2) is 11.5. The standard InChI is InChI=1S/C24H29ClN4O4S/c1-4-29(5-2)34(31,32)19-7-9-23(17(3)14-19)33-16-24(30)28-13-12-27-21-10-11-26-22-15-18(25)6-8-20(21)22/h6-11,14-15H,4-5,12-13,16H2,1-3H3,(H,26,27)(H,28,30). The van der Waals surface area contributed by atoms with Crippen molar-refractivity contribution in [2.24, 2.45) is 0 Å². The second-order valence-corrected chi connectivity index (χ2v) is 9.98. The number of benzene rings is 2. The minimum absolute atomic E-state index is 0.167. The summed E-state index contributed by atoms with van der Waals surface area (Å²) < 4.78 is 32.3. The lowest BCUT2D eigenvalue weighted by atomic mass is 10.2. The Morgan fingerprint density at radius 2 is 1.85 bits per heavy atom. The molecule has 0 spiro atoms. The fourth-order valence-corrected chi connectivity index (χ4v) is 5.24. The van der Waals surface area contributed by atoms with Crippen molar-refractivity contribution >= 4 is 44.1 Å². The normalized spacial score (nSPS) is 11.6. The first kappa shape index (κ1) is 25.7. The number of hydrogen-bond donors (Lipinski definition) is 2. The highest BCUT2D eigenvalue weighted by atomic mass is 35.5. The van der Waals surface area contributed by atoms with Crippen LogP contribution in [-0.2, 0) is 14.8 Å². The summed E-state index contributed by atoms with van der Waals surface area (Å²) in [4.78, 5) is 16.7. The van der Waals surface area contributed by atoms with Crippen LogP contribution in [0.15, 0.2) is 53.6 Å². The Morgan fingerprint density at radius 3 is 2.56 bits per heavy atom. The van der Waals surface area contributed by atoms with Crippen LogP contribution < -0.4 is 15.4 Å². The van der Waals surface area contributed by atoms with Crippen LogP contribution in [0, 0.1) is 6.92 Å². The molecule has 10 heteroatoms. The van der Waals surface area contributed by atoms with Gasteiger partial charge >= 0.3 is 0 Å². The minimum Gasteiger partial charge on any atom is -0.484 e. The molecule has 2 aromatic carbocycles. The lowest BCUT2D eigenvalue weighted by Gasteiger charge is -2.19. The van der Waals surface area contributed by atoms with Gasteiger partial charge in [-0.3, -0.25) is 9.78 Å². The summed E-state index contributed by atoms with van der Waals surface area (Å²) in [6, 6.07) is 12.0. The topological polar surface area (TPSA) is 101 Å². The zero-order valence-electron chi connectivity index (χ0n) is 19.5. The largest absolute Gasteiger partial charge is 0.484 e. The number of halogens is 1. The Hall–Kier alpha value is -2.88. The van der Waals surface area contributed by atoms with Gasteiger partial charge < -0.3 is 15.4 Å². The number of pyridine rings is 1. The Kier molecular flexibility index (Phi) is 8.71. The van der Waals surface area contributed by atoms with E-state index in [1.165, 1.54) is 10.4 Å². The highest BCUT2D eigenvalue weighted by Crippen LogP contribution is 2.25. The van der Waals surface area contributed by atoms with E-state index >= 15 is 0 Å². The van der Waals surface area contributed by atoms with Crippen LogP contribution in [0.3, 0.4) is 0 Å². The van der Waals surface area contributed by atoms with E-state index < -0.39 is 10.0 Å². The van der Waals surface area contributed by atoms with Gasteiger partial charge in [0, 0.05) is 48.5 Å². The maximum atomic E-state index is 12.7. The summed E-state index contributed by atoms with van der Waals surface area (Å²) in [5.41, 5.74) is 2.34. The molecule has 3 aromatic rings. The molecule has 0 unspecified atom stereocenters. The molecule has 0 aliphatic rings. The average Bonchev–Trinajstić information content (AvgIpc) is 2.81. The third-order valence-electron chi connectivity index (χ3n) is 5.32. The van der Waals surface area contributed by atoms with Crippen LogP contribution in [0.4, 0.5) is 5.69 Å². The van der Waals surface area contributed by atoms with E-state index in [2.05, 4.69) is 15.6 Å². The number of nitrogens with one attached hydrogen (secondary N) is 2. The number of aromatic nitrogens is 1. The average molecular weight is 505 g/mol. The zero-order valence-corrected chi connectivity index (χ0v) is 21.0. The van der Waals surface area contributed by atoms with Gasteiger partial charge in [0.25, 0.3) is 5.91 Å². The summed E-state index contributed by atoms with van der Waals surface area (Å²) in [5.74, 6) is 0.195. The maximum Gasteiger partial charge on any atom is 0.258 e. The van der Waals surface area contributed by atoms with E-state index in [1.54, 1.807) is 45.2 Å². The van der Waals surface area contributed by atoms with Gasteiger partial charge in [-0.05, 0) is 55.0 Å². The minimum atomic E-state index is -3.54. The molecule has 1 amide bonds. The molecule has 1 aromatic heterocycles. The van der Waals surface area contributed by atoms with Crippen molar-refractivity contribution in [2.75, 3.05) is 38.1 Å². The van der Waals surface area contributed by atoms with Crippen LogP contribution in [0.2, 0.25) is 5.02 Å². The highest BCUT2D eigenvalue weighted by molar-refractivity contribution is 7.89. The van der Waals surface area contributed by atoms with Crippen molar-refractivity contribution in [2.45, 2.75) is 25.7 Å². The molecule has 0 aliphatic carbocycles. The van der Waals surface area contributed by atoms with Crippen molar-refractivity contribution in [3.05, 3.63) is 59.2 Å². The summed E-state index contributed by atoms with van der Waals surface area (Å²) in [7, 11) is -3.54. The van der Waals surface area contributed by atoms with Crippen molar-refractivity contribution in [3.8, 4) is 5.75 Å². The van der Waals surface area contributed by atoms with E-state index in [0.29, 0.717) is 42.5 Å². The molecular weight excluding hydrogens is 476 g/mol. The second-order valence-electron chi connectivity index (χ2n) is 7.60. The first-order valence-electron chi connectivity index (χ1n) is 11.0. The monoisotopic (exact) mass is 504 g/mol. The molecule has 0 bridgehead atoms. The van der Waals surface area contributed by atoms with E-state index in [-0.39, 0.29) is 17.4 Å². The zero-order chi connectivity index (χ0) is 24.7. The molecule has 0 radical (unpaired) electrons. The van der Waals surface area contributed by atoms with Crippen molar-refractivity contribution in [1.29, 1.82) is 0 Å². The fourth-order valence-electron chi connectivity index (χ4n) is 3.53. The van der Waals surface area contributed by atoms with Gasteiger partial charge in [-0.15, -0.1) is 0 Å². The third kappa shape index (κ3) is 6.16. The van der Waals surface area contributed by atoms with Crippen molar-refractivity contribution in [3.63, 3.8) is 0 Å². The number of sulfonamides is 1. The number of anilines is 1. The summed E-state index contributed by atoms with van der Waals surface area (Å²) >= 11 is 6.02. The molecule has 182 valence electrons. The molecule has 0 saturated heterocycles. The predicted octanol–water partition coefficient (Wildman–Crippen LogP) is 3.83. The van der Waals surface area contributed by atoms with Crippen LogP contribution >= 0.6 is 11.6 Å². The number of aryl methyl sites for hydroxylation is 1. The van der Waals surface area contributed by atoms with Gasteiger partial charge in [-0.25, -0.2) is 8.42 Å². The first-order valence-corrected chi connectivity index (χ1v) is 12.9. The Bertz CT molecular complexity index is 1260. The molecular formula is C24H29ClN4O4S. The number of rotatable bonds is 11. The summed E-state index contributed by atoms with van der Waals surface area (Å²) in [6.45, 7) is 6.91. The molecule has 0 fully saturated rings. The third-order valence-corrected chi connectivity index (χ3v) is 7.60. The van der Waals surface area contributed by atoms with Gasteiger partial charge in [-0.1, -0.05) is 25.4 Å². The van der Waals surface area contributed by atoms with Gasteiger partial charge in [0.1, 0.15) is 5.75 Å². The van der Waals surface area contributed by atoms with Crippen molar-refractivity contribution in [1.82, 2.24) is 14.6 Å². The number of nitrogens with zero attached hydrogens (tertiary/aromatic N) is 2. The lowest BCUT2D eigenvalue weighted by Crippen LogP contribution is -2.32. The number of fused-ring (bicyclic) bond motifs is 1. The highest BCUT2D eigenvalue weighted by Gasteiger charge is 2.22. The first-order chi connectivity index (χ1) is 16.3. The van der Waals surface area contributed by atoms with E-state index in [1.807, 2.05) is 18.2 Å². The SMILES string of the molecule is CCN(CC)S(=O)(=O)c1ccc(OCC(=O)NCCNc2ccnc3cc(Cl)ccc23)c(C)c1. The number of carbonyl (C=O) groups is 1. The molecule has 3 rings (SSSR count). The van der Waals surface area contributed by atoms with Gasteiger partial charge in [0.15, 0.2) is 6.61 Å². The Labute approximate surface area is 205 Å². The Morgan fingerprint density at radius 1 is 1.09 bits per heavy atom. The molecule has 0 aliphatic heterocycles. The summed E-state index contributed by atoms with van der Waals surface area (Å²) in [5, 5.41) is 7.66. The van der Waals surface area contributed by atoms with Gasteiger partial charge in [0.05, 0.1) is 10.4 Å². The van der Waals surface area contributed by atoms with Crippen LogP contribution in [0.1, 0.15) is 19.4 Å². The lowest BCUT2D eigenvalue weighted by molar-refractivity contribution is -0.123. The molecule has 2 N–H and O–H groups in total. The molecule has 34 heavy (non-hydrogen) atoms. The Balaban J connectivity index is 1.49. The number of hydrogen-bond acceptors (Lipinski definition) is 6. The number of amides is 1. The maximum absolute atomic E-state index is 12.7. The van der Waals surface area contributed by atoms with E-state index in [9.17, 15) is 13.2 Å². The quantitative estimate of drug-likeness (QED) is 0.385. The van der Waals surface area contributed by atoms with E-state index in [0.717, 1.165) is 16.6 Å². The molecule has 8 nitrogen and oxygen atoms in total. The van der Waals surface area contributed by atoms with E-state index in [4.69, 9.17) is 16.3 Å². The molecule has 0 saturated carbocycles. The number of ether oxygens (including phenoxy) is 1. The van der Waals surface area contributed by atoms with Crippen LogP contribution in [0.5, 0.6) is 5.75 Å². The summed E-state index contributed by atoms with van der Waals surface area (Å²) in [6.07, 6.45) is 1.70. The smallest absolute Gasteiger partial charge is 0.258 e. The van der Waals surface area contributed by atoms with Crippen LogP contribution in [0.25, 0.3) is 10.9 Å². The molecule has 1 heterocycles.